The van der Waals surface area contributed by atoms with Crippen molar-refractivity contribution in [1.29, 1.82) is 0 Å². The first-order valence-corrected chi connectivity index (χ1v) is 16.4. The highest BCUT2D eigenvalue weighted by Crippen LogP contribution is 2.29. The van der Waals surface area contributed by atoms with Crippen LogP contribution in [-0.4, -0.2) is 87.1 Å². The van der Waals surface area contributed by atoms with Crippen LogP contribution >= 0.6 is 11.8 Å². The van der Waals surface area contributed by atoms with Crippen LogP contribution in [0.1, 0.15) is 86.5 Å². The van der Waals surface area contributed by atoms with Crippen LogP contribution in [0.25, 0.3) is 0 Å². The van der Waals surface area contributed by atoms with Crippen molar-refractivity contribution in [1.82, 2.24) is 0 Å². The van der Waals surface area contributed by atoms with E-state index in [9.17, 15) is 39.3 Å². The summed E-state index contributed by atoms with van der Waals surface area (Å²) < 4.78 is 11.4. The normalized spacial score (nSPS) is 26.5. The number of carboxylic acid groups (broad SMARTS) is 1. The zero-order valence-electron chi connectivity index (χ0n) is 27.2. The third-order valence-corrected chi connectivity index (χ3v) is 9.49. The topological polar surface area (TPSA) is 164 Å². The maximum atomic E-state index is 13.2. The molecule has 0 amide bonds. The molecule has 8 unspecified atom stereocenters. The van der Waals surface area contributed by atoms with Crippen LogP contribution in [0.15, 0.2) is 23.8 Å². The fraction of sp³-hybridized carbons (Fsp3) is 0.727. The van der Waals surface area contributed by atoms with Crippen molar-refractivity contribution >= 4 is 41.1 Å². The Kier molecular flexibility index (Phi) is 18.0. The molecule has 1 heterocycles. The Bertz CT molecular complexity index is 1020. The Hall–Kier alpha value is -2.34. The smallest absolute Gasteiger partial charge is 0.307 e. The number of cyclic esters (lactones) is 1. The Morgan fingerprint density at radius 3 is 2.27 bits per heavy atom. The number of methoxy groups -OCH3 is 1. The van der Waals surface area contributed by atoms with E-state index >= 15 is 0 Å². The molecule has 3 N–H and O–H groups in total. The predicted octanol–water partition coefficient (Wildman–Crippen LogP) is 4.34. The number of carbonyl (C=O) groups excluding carboxylic acids is 4. The molecule has 1 rings (SSSR count). The molecule has 0 radical (unpaired) electrons. The minimum absolute atomic E-state index is 0.0630. The van der Waals surface area contributed by atoms with Crippen LogP contribution in [0, 0.1) is 23.7 Å². The molecule has 0 spiro atoms. The number of aliphatic hydroxyl groups is 2. The lowest BCUT2D eigenvalue weighted by atomic mass is 9.86. The fourth-order valence-electron chi connectivity index (χ4n) is 5.43. The van der Waals surface area contributed by atoms with E-state index in [0.717, 1.165) is 0 Å². The molecule has 0 fully saturated rings. The highest BCUT2D eigenvalue weighted by molar-refractivity contribution is 7.99. The molecule has 0 aromatic carbocycles. The molecule has 0 aromatic heterocycles. The molecule has 10 nitrogen and oxygen atoms in total. The molecule has 1 aliphatic heterocycles. The van der Waals surface area contributed by atoms with E-state index in [1.165, 1.54) is 32.7 Å². The minimum Gasteiger partial charge on any atom is -0.481 e. The first-order valence-electron chi connectivity index (χ1n) is 15.3. The van der Waals surface area contributed by atoms with Crippen molar-refractivity contribution in [3.8, 4) is 0 Å². The van der Waals surface area contributed by atoms with Gasteiger partial charge in [-0.3, -0.25) is 14.4 Å². The van der Waals surface area contributed by atoms with Gasteiger partial charge in [0.2, 0.25) is 0 Å². The van der Waals surface area contributed by atoms with Gasteiger partial charge in [0.05, 0.1) is 24.5 Å². The van der Waals surface area contributed by atoms with Gasteiger partial charge in [-0.2, -0.15) is 11.8 Å². The van der Waals surface area contributed by atoms with Crippen LogP contribution < -0.4 is 0 Å². The molecule has 0 aliphatic carbocycles. The minimum atomic E-state index is -1.02. The third kappa shape index (κ3) is 14.6. The SMILES string of the molecule is COC1/C=C/CCC(SCC(C)C(=O)O)CC(=O)OC(/C(C)=C/C(C)C(=O)CC(O)CC(CC(C)=O)CC(C)=O)C(C)C1O. The lowest BCUT2D eigenvalue weighted by molar-refractivity contribution is -0.153. The van der Waals surface area contributed by atoms with Gasteiger partial charge in [-0.25, -0.2) is 0 Å². The summed E-state index contributed by atoms with van der Waals surface area (Å²) in [4.78, 5) is 60.7. The van der Waals surface area contributed by atoms with Crippen molar-refractivity contribution in [2.45, 2.75) is 116 Å². The van der Waals surface area contributed by atoms with E-state index in [2.05, 4.69) is 0 Å². The summed E-state index contributed by atoms with van der Waals surface area (Å²) in [6.07, 6.45) is 3.36. The second-order valence-corrected chi connectivity index (χ2v) is 13.6. The van der Waals surface area contributed by atoms with E-state index in [1.807, 2.05) is 6.08 Å². The summed E-state index contributed by atoms with van der Waals surface area (Å²) in [7, 11) is 1.48. The average Bonchev–Trinajstić information content (AvgIpc) is 2.91. The Labute approximate surface area is 266 Å². The number of ether oxygens (including phenoxy) is 2. The van der Waals surface area contributed by atoms with Gasteiger partial charge in [0, 0.05) is 49.2 Å². The quantitative estimate of drug-likeness (QED) is 0.162. The summed E-state index contributed by atoms with van der Waals surface area (Å²) in [6, 6.07) is 0. The number of Topliss-reactive ketones (excluding diaryl/α,β-unsaturated/α-hetero) is 3. The molecule has 250 valence electrons. The van der Waals surface area contributed by atoms with Crippen LogP contribution in [-0.2, 0) is 33.4 Å². The summed E-state index contributed by atoms with van der Waals surface area (Å²) in [5, 5.41) is 30.8. The number of hydrogen-bond donors (Lipinski definition) is 3. The zero-order chi connectivity index (χ0) is 33.6. The van der Waals surface area contributed by atoms with Crippen LogP contribution in [0.4, 0.5) is 0 Å². The van der Waals surface area contributed by atoms with Crippen LogP contribution in [0.2, 0.25) is 0 Å². The van der Waals surface area contributed by atoms with Crippen molar-refractivity contribution < 1.29 is 48.8 Å². The summed E-state index contributed by atoms with van der Waals surface area (Å²) in [6.45, 7) is 9.62. The van der Waals surface area contributed by atoms with Gasteiger partial charge in [-0.15, -0.1) is 0 Å². The van der Waals surface area contributed by atoms with Crippen molar-refractivity contribution in [3.63, 3.8) is 0 Å². The lowest BCUT2D eigenvalue weighted by Crippen LogP contribution is -2.41. The number of carbonyl (C=O) groups is 5. The lowest BCUT2D eigenvalue weighted by Gasteiger charge is -2.32. The van der Waals surface area contributed by atoms with Crippen molar-refractivity contribution in [2.75, 3.05) is 12.9 Å². The highest BCUT2D eigenvalue weighted by atomic mass is 32.2. The van der Waals surface area contributed by atoms with Gasteiger partial charge in [-0.05, 0) is 51.5 Å². The molecular formula is C33H52O10S. The van der Waals surface area contributed by atoms with E-state index in [1.54, 1.807) is 39.8 Å². The number of allylic oxidation sites excluding steroid dienone is 2. The number of rotatable bonds is 16. The monoisotopic (exact) mass is 640 g/mol. The number of thioether (sulfide) groups is 1. The second kappa shape index (κ2) is 19.9. The van der Waals surface area contributed by atoms with Crippen LogP contribution in [0.5, 0.6) is 0 Å². The van der Waals surface area contributed by atoms with Gasteiger partial charge < -0.3 is 34.4 Å². The van der Waals surface area contributed by atoms with E-state index in [-0.39, 0.29) is 60.6 Å². The predicted molar refractivity (Wildman–Crippen MR) is 169 cm³/mol. The Balaban J connectivity index is 3.14. The zero-order valence-corrected chi connectivity index (χ0v) is 28.0. The second-order valence-electron chi connectivity index (χ2n) is 12.3. The van der Waals surface area contributed by atoms with Gasteiger partial charge in [0.15, 0.2) is 0 Å². The summed E-state index contributed by atoms with van der Waals surface area (Å²) in [5.74, 6) is -3.62. The molecule has 8 atom stereocenters. The molecule has 0 saturated heterocycles. The number of esters is 1. The van der Waals surface area contributed by atoms with E-state index in [4.69, 9.17) is 9.47 Å². The Morgan fingerprint density at radius 2 is 1.73 bits per heavy atom. The maximum absolute atomic E-state index is 13.2. The van der Waals surface area contributed by atoms with Gasteiger partial charge >= 0.3 is 11.9 Å². The highest BCUT2D eigenvalue weighted by Gasteiger charge is 2.34. The fourth-order valence-corrected chi connectivity index (χ4v) is 6.69. The number of aliphatic hydroxyl groups excluding tert-OH is 2. The molecule has 44 heavy (non-hydrogen) atoms. The van der Waals surface area contributed by atoms with Gasteiger partial charge in [0.1, 0.15) is 29.6 Å². The van der Waals surface area contributed by atoms with E-state index in [0.29, 0.717) is 24.2 Å². The number of ketones is 3. The molecule has 0 aromatic rings. The third-order valence-electron chi connectivity index (χ3n) is 7.93. The standard InChI is InChI=1S/C33H52O10S/c1-19(28(37)16-26(36)15-25(13-22(4)34)14-23(5)35)12-20(2)32-24(6)31(39)29(42-7)11-9-8-10-27(17-30(38)43-32)44-18-21(3)33(40)41/h9,11-12,19,21,24-27,29,31-32,36,39H,8,10,13-18H2,1-7H3,(H,40,41)/b11-9+,20-12+. The molecular weight excluding hydrogens is 588 g/mol. The largest absolute Gasteiger partial charge is 0.481 e. The van der Waals surface area contributed by atoms with Crippen LogP contribution in [0.3, 0.4) is 0 Å². The Morgan fingerprint density at radius 1 is 1.11 bits per heavy atom. The average molecular weight is 641 g/mol. The van der Waals surface area contributed by atoms with Gasteiger partial charge in [0.25, 0.3) is 0 Å². The summed E-state index contributed by atoms with van der Waals surface area (Å²) >= 11 is 1.42. The molecule has 11 heteroatoms. The first kappa shape index (κ1) is 39.7. The molecule has 0 bridgehead atoms. The van der Waals surface area contributed by atoms with Gasteiger partial charge in [-0.1, -0.05) is 39.0 Å². The summed E-state index contributed by atoms with van der Waals surface area (Å²) in [5.41, 5.74) is 0.561. The van der Waals surface area contributed by atoms with Crippen molar-refractivity contribution in [2.24, 2.45) is 23.7 Å². The molecule has 1 aliphatic rings. The molecule has 0 saturated carbocycles. The number of carboxylic acids is 1. The van der Waals surface area contributed by atoms with E-state index < -0.39 is 54.1 Å². The van der Waals surface area contributed by atoms with Crippen molar-refractivity contribution in [3.05, 3.63) is 23.8 Å². The first-order chi connectivity index (χ1) is 20.5. The maximum Gasteiger partial charge on any atom is 0.307 e. The number of aliphatic carboxylic acids is 1. The number of hydrogen-bond acceptors (Lipinski definition) is 10.